The second-order valence-electron chi connectivity index (χ2n) is 5.66. The van der Waals surface area contributed by atoms with Crippen LogP contribution >= 0.6 is 11.3 Å². The monoisotopic (exact) mass is 372 g/mol. The van der Waals surface area contributed by atoms with E-state index in [9.17, 15) is 9.18 Å². The Labute approximate surface area is 154 Å². The first-order chi connectivity index (χ1) is 12.5. The van der Waals surface area contributed by atoms with Gasteiger partial charge in [-0.1, -0.05) is 12.1 Å². The molecule has 3 rings (SSSR count). The van der Waals surface area contributed by atoms with Gasteiger partial charge in [0.15, 0.2) is 10.9 Å². The number of nitrogens with zero attached hydrogens (tertiary/aromatic N) is 1. The predicted molar refractivity (Wildman–Crippen MR) is 98.3 cm³/mol. The first kappa shape index (κ1) is 17.9. The molecule has 0 radical (unpaired) electrons. The lowest BCUT2D eigenvalue weighted by atomic mass is 10.1. The number of amides is 1. The molecule has 0 bridgehead atoms. The molecular weight excluding hydrogens is 355 g/mol. The van der Waals surface area contributed by atoms with Crippen LogP contribution in [0.2, 0.25) is 0 Å². The molecule has 0 atom stereocenters. The Morgan fingerprint density at radius 2 is 2.12 bits per heavy atom. The molecule has 2 aromatic heterocycles. The summed E-state index contributed by atoms with van der Waals surface area (Å²) in [6, 6.07) is 12.1. The van der Waals surface area contributed by atoms with Gasteiger partial charge in [0.05, 0.1) is 11.1 Å². The maximum Gasteiger partial charge on any atom is 0.307 e. The van der Waals surface area contributed by atoms with Gasteiger partial charge in [0.25, 0.3) is 0 Å². The summed E-state index contributed by atoms with van der Waals surface area (Å²) in [5.74, 6) is 0.941. The Morgan fingerprint density at radius 3 is 2.88 bits per heavy atom. The van der Waals surface area contributed by atoms with E-state index in [-0.39, 0.29) is 17.5 Å². The standard InChI is InChI=1S/C19H17FN2O3S/c1-12-3-4-13(2)17(9-12)24-11-14-5-7-16(25-14)19(23)22-21-10-15-6-8-18(20)26-15/h3-10H,11H2,1-2H3,(H,22,23)/b21-10-. The molecule has 2 heterocycles. The number of ether oxygens (including phenoxy) is 1. The summed E-state index contributed by atoms with van der Waals surface area (Å²) in [6.07, 6.45) is 1.37. The lowest BCUT2D eigenvalue weighted by molar-refractivity contribution is 0.0923. The van der Waals surface area contributed by atoms with Crippen LogP contribution in [0.15, 0.2) is 52.0 Å². The summed E-state index contributed by atoms with van der Waals surface area (Å²) in [4.78, 5) is 12.6. The molecule has 0 spiro atoms. The molecule has 0 unspecified atom stereocenters. The van der Waals surface area contributed by atoms with Gasteiger partial charge in [-0.05, 0) is 55.3 Å². The number of furan rings is 1. The third-order valence-corrected chi connectivity index (χ3v) is 4.36. The molecular formula is C19H17FN2O3S. The van der Waals surface area contributed by atoms with Crippen LogP contribution in [0.4, 0.5) is 4.39 Å². The zero-order valence-electron chi connectivity index (χ0n) is 14.3. The maximum absolute atomic E-state index is 12.9. The molecule has 3 aromatic rings. The SMILES string of the molecule is Cc1ccc(C)c(OCc2ccc(C(=O)N/N=C\c3ccc(F)s3)o2)c1. The summed E-state index contributed by atoms with van der Waals surface area (Å²) in [7, 11) is 0. The second kappa shape index (κ2) is 7.97. The fraction of sp³-hybridized carbons (Fsp3) is 0.158. The molecule has 0 saturated carbocycles. The number of hydrogen-bond donors (Lipinski definition) is 1. The van der Waals surface area contributed by atoms with Gasteiger partial charge in [0.2, 0.25) is 0 Å². The van der Waals surface area contributed by atoms with Gasteiger partial charge in [-0.2, -0.15) is 9.49 Å². The molecule has 134 valence electrons. The van der Waals surface area contributed by atoms with Gasteiger partial charge in [-0.15, -0.1) is 11.3 Å². The minimum absolute atomic E-state index is 0.124. The smallest absolute Gasteiger partial charge is 0.307 e. The topological polar surface area (TPSA) is 63.8 Å². The summed E-state index contributed by atoms with van der Waals surface area (Å²) in [5, 5.41) is 3.48. The average Bonchev–Trinajstić information content (AvgIpc) is 3.25. The highest BCUT2D eigenvalue weighted by Crippen LogP contribution is 2.21. The van der Waals surface area contributed by atoms with Gasteiger partial charge >= 0.3 is 5.91 Å². The van der Waals surface area contributed by atoms with Crippen LogP contribution in [0.1, 0.15) is 32.3 Å². The van der Waals surface area contributed by atoms with Gasteiger partial charge in [0, 0.05) is 0 Å². The molecule has 1 N–H and O–H groups in total. The molecule has 0 aliphatic carbocycles. The molecule has 0 fully saturated rings. The Balaban J connectivity index is 1.56. The highest BCUT2D eigenvalue weighted by Gasteiger charge is 2.11. The van der Waals surface area contributed by atoms with Gasteiger partial charge in [-0.3, -0.25) is 4.79 Å². The zero-order chi connectivity index (χ0) is 18.5. The summed E-state index contributed by atoms with van der Waals surface area (Å²) < 4.78 is 24.1. The number of nitrogens with one attached hydrogen (secondary N) is 1. The van der Waals surface area contributed by atoms with Gasteiger partial charge in [-0.25, -0.2) is 5.43 Å². The molecule has 5 nitrogen and oxygen atoms in total. The van der Waals surface area contributed by atoms with Crippen molar-refractivity contribution in [1.82, 2.24) is 5.43 Å². The van der Waals surface area contributed by atoms with Crippen LogP contribution in [-0.2, 0) is 6.61 Å². The highest BCUT2D eigenvalue weighted by atomic mass is 32.1. The summed E-state index contributed by atoms with van der Waals surface area (Å²) >= 11 is 0.939. The summed E-state index contributed by atoms with van der Waals surface area (Å²) in [5.41, 5.74) is 4.47. The number of aryl methyl sites for hydroxylation is 2. The van der Waals surface area contributed by atoms with E-state index in [0.29, 0.717) is 10.6 Å². The van der Waals surface area contributed by atoms with Crippen molar-refractivity contribution in [3.8, 4) is 5.75 Å². The Morgan fingerprint density at radius 1 is 1.27 bits per heavy atom. The number of hydrazone groups is 1. The number of benzene rings is 1. The highest BCUT2D eigenvalue weighted by molar-refractivity contribution is 7.12. The lowest BCUT2D eigenvalue weighted by Crippen LogP contribution is -2.16. The van der Waals surface area contributed by atoms with Gasteiger partial charge < -0.3 is 9.15 Å². The quantitative estimate of drug-likeness (QED) is 0.514. The van der Waals surface area contributed by atoms with E-state index in [1.165, 1.54) is 12.3 Å². The first-order valence-electron chi connectivity index (χ1n) is 7.89. The van der Waals surface area contributed by atoms with Crippen molar-refractivity contribution in [3.63, 3.8) is 0 Å². The van der Waals surface area contributed by atoms with Crippen LogP contribution < -0.4 is 10.2 Å². The third kappa shape index (κ3) is 4.58. The number of carbonyl (C=O) groups is 1. The molecule has 0 saturated heterocycles. The third-order valence-electron chi connectivity index (χ3n) is 3.55. The number of rotatable bonds is 6. The lowest BCUT2D eigenvalue weighted by Gasteiger charge is -2.08. The van der Waals surface area contributed by atoms with E-state index in [2.05, 4.69) is 10.5 Å². The molecule has 1 aromatic carbocycles. The van der Waals surface area contributed by atoms with E-state index < -0.39 is 5.91 Å². The van der Waals surface area contributed by atoms with Crippen LogP contribution in [0.25, 0.3) is 0 Å². The fourth-order valence-corrected chi connectivity index (χ4v) is 2.80. The molecule has 1 amide bonds. The van der Waals surface area contributed by atoms with E-state index in [4.69, 9.17) is 9.15 Å². The van der Waals surface area contributed by atoms with Crippen LogP contribution in [0.5, 0.6) is 5.75 Å². The summed E-state index contributed by atoms with van der Waals surface area (Å²) in [6.45, 7) is 4.18. The minimum atomic E-state index is -0.490. The van der Waals surface area contributed by atoms with E-state index in [1.807, 2.05) is 32.0 Å². The van der Waals surface area contributed by atoms with Crippen LogP contribution in [-0.4, -0.2) is 12.1 Å². The molecule has 0 aliphatic heterocycles. The van der Waals surface area contributed by atoms with Gasteiger partial charge in [0.1, 0.15) is 18.1 Å². The van der Waals surface area contributed by atoms with Crippen molar-refractivity contribution in [2.24, 2.45) is 5.10 Å². The molecule has 7 heteroatoms. The Kier molecular flexibility index (Phi) is 5.48. The molecule has 0 aliphatic rings. The van der Waals surface area contributed by atoms with Crippen LogP contribution in [0.3, 0.4) is 0 Å². The predicted octanol–water partition coefficient (Wildman–Crippen LogP) is 4.44. The molecule has 26 heavy (non-hydrogen) atoms. The first-order valence-corrected chi connectivity index (χ1v) is 8.70. The van der Waals surface area contributed by atoms with E-state index in [0.717, 1.165) is 28.2 Å². The number of thiophene rings is 1. The van der Waals surface area contributed by atoms with Crippen molar-refractivity contribution in [1.29, 1.82) is 0 Å². The fourth-order valence-electron chi connectivity index (χ4n) is 2.20. The second-order valence-corrected chi connectivity index (χ2v) is 6.73. The van der Waals surface area contributed by atoms with E-state index in [1.54, 1.807) is 18.2 Å². The van der Waals surface area contributed by atoms with Crippen molar-refractivity contribution in [2.75, 3.05) is 0 Å². The Hall–Kier alpha value is -2.93. The number of carbonyl (C=O) groups excluding carboxylic acids is 1. The maximum atomic E-state index is 12.9. The number of hydrogen-bond acceptors (Lipinski definition) is 5. The Bertz CT molecular complexity index is 946. The zero-order valence-corrected chi connectivity index (χ0v) is 15.1. The largest absolute Gasteiger partial charge is 0.485 e. The average molecular weight is 372 g/mol. The van der Waals surface area contributed by atoms with Crippen molar-refractivity contribution in [3.05, 3.63) is 75.1 Å². The van der Waals surface area contributed by atoms with Crippen LogP contribution in [0, 0.1) is 19.0 Å². The van der Waals surface area contributed by atoms with Crippen molar-refractivity contribution in [2.45, 2.75) is 20.5 Å². The minimum Gasteiger partial charge on any atom is -0.485 e. The number of halogens is 1. The normalized spacial score (nSPS) is 11.0. The van der Waals surface area contributed by atoms with Crippen molar-refractivity contribution >= 4 is 23.5 Å². The van der Waals surface area contributed by atoms with E-state index >= 15 is 0 Å². The van der Waals surface area contributed by atoms with Crippen molar-refractivity contribution < 1.29 is 18.3 Å².